The fourth-order valence-electron chi connectivity index (χ4n) is 3.68. The maximum absolute atomic E-state index is 12.8. The summed E-state index contributed by atoms with van der Waals surface area (Å²) in [6.07, 6.45) is 0. The Labute approximate surface area is 208 Å². The second-order valence-electron chi connectivity index (χ2n) is 7.94. The highest BCUT2D eigenvalue weighted by Crippen LogP contribution is 2.27. The Morgan fingerprint density at radius 2 is 1.80 bits per heavy atom. The molecule has 0 unspecified atom stereocenters. The molecular formula is C25H28N4O5S. The van der Waals surface area contributed by atoms with Crippen molar-refractivity contribution in [3.8, 4) is 11.5 Å². The van der Waals surface area contributed by atoms with Crippen LogP contribution in [0.4, 0.5) is 5.13 Å². The fourth-order valence-corrected chi connectivity index (χ4v) is 4.38. The van der Waals surface area contributed by atoms with Gasteiger partial charge in [0.05, 0.1) is 33.1 Å². The lowest BCUT2D eigenvalue weighted by Gasteiger charge is -2.25. The molecule has 10 heteroatoms. The number of carbonyl (C=O) groups is 2. The molecule has 1 aliphatic heterocycles. The van der Waals surface area contributed by atoms with E-state index in [1.165, 1.54) is 18.4 Å². The molecule has 2 amide bonds. The minimum atomic E-state index is -0.253. The van der Waals surface area contributed by atoms with Gasteiger partial charge in [-0.05, 0) is 35.9 Å². The molecule has 0 spiro atoms. The molecule has 0 aliphatic carbocycles. The van der Waals surface area contributed by atoms with Crippen molar-refractivity contribution in [2.45, 2.75) is 13.1 Å². The second-order valence-corrected chi connectivity index (χ2v) is 8.80. The van der Waals surface area contributed by atoms with Crippen LogP contribution in [-0.4, -0.2) is 62.2 Å². The van der Waals surface area contributed by atoms with Gasteiger partial charge in [0.1, 0.15) is 0 Å². The van der Waals surface area contributed by atoms with Gasteiger partial charge in [0, 0.05) is 42.7 Å². The standard InChI is InChI=1S/C25H28N4O5S/c1-32-21-7-6-19(13-22(21)33-2)23(30)26-14-17-4-3-5-18(12-17)24(31)28-25-27-20(16-35-25)15-29-8-10-34-11-9-29/h3-7,12-13,16H,8-11,14-15H2,1-2H3,(H,26,30)(H,27,28,31). The van der Waals surface area contributed by atoms with E-state index in [4.69, 9.17) is 14.2 Å². The average Bonchev–Trinajstić information content (AvgIpc) is 3.33. The van der Waals surface area contributed by atoms with E-state index in [0.717, 1.165) is 44.1 Å². The van der Waals surface area contributed by atoms with Crippen LogP contribution in [0.15, 0.2) is 47.8 Å². The number of thiazole rings is 1. The van der Waals surface area contributed by atoms with Gasteiger partial charge in [-0.25, -0.2) is 4.98 Å². The van der Waals surface area contributed by atoms with E-state index >= 15 is 0 Å². The Hall–Kier alpha value is -3.47. The van der Waals surface area contributed by atoms with Gasteiger partial charge < -0.3 is 19.5 Å². The van der Waals surface area contributed by atoms with Gasteiger partial charge in [-0.1, -0.05) is 12.1 Å². The number of anilines is 1. The molecule has 0 radical (unpaired) electrons. The van der Waals surface area contributed by atoms with Gasteiger partial charge in [-0.3, -0.25) is 19.8 Å². The zero-order valence-electron chi connectivity index (χ0n) is 19.7. The van der Waals surface area contributed by atoms with Crippen LogP contribution < -0.4 is 20.1 Å². The number of aromatic nitrogens is 1. The predicted molar refractivity (Wildman–Crippen MR) is 133 cm³/mol. The molecule has 35 heavy (non-hydrogen) atoms. The molecule has 2 aromatic carbocycles. The summed E-state index contributed by atoms with van der Waals surface area (Å²) < 4.78 is 15.8. The SMILES string of the molecule is COc1ccc(C(=O)NCc2cccc(C(=O)Nc3nc(CN4CCOCC4)cs3)c2)cc1OC. The molecule has 2 N–H and O–H groups in total. The number of hydrogen-bond acceptors (Lipinski definition) is 8. The molecule has 1 aliphatic rings. The maximum atomic E-state index is 12.8. The molecular weight excluding hydrogens is 468 g/mol. The molecule has 4 rings (SSSR count). The zero-order chi connectivity index (χ0) is 24.6. The zero-order valence-corrected chi connectivity index (χ0v) is 20.5. The van der Waals surface area contributed by atoms with E-state index in [0.29, 0.717) is 27.8 Å². The smallest absolute Gasteiger partial charge is 0.257 e. The lowest BCUT2D eigenvalue weighted by atomic mass is 10.1. The van der Waals surface area contributed by atoms with E-state index in [9.17, 15) is 9.59 Å². The molecule has 0 bridgehead atoms. The molecule has 1 aromatic heterocycles. The van der Waals surface area contributed by atoms with Gasteiger partial charge in [-0.15, -0.1) is 11.3 Å². The summed E-state index contributed by atoms with van der Waals surface area (Å²) in [5, 5.41) is 8.26. The van der Waals surface area contributed by atoms with Gasteiger partial charge in [0.2, 0.25) is 0 Å². The number of rotatable bonds is 9. The highest BCUT2D eigenvalue weighted by Gasteiger charge is 2.15. The highest BCUT2D eigenvalue weighted by molar-refractivity contribution is 7.14. The van der Waals surface area contributed by atoms with Crippen LogP contribution in [0, 0.1) is 0 Å². The number of hydrogen-bond donors (Lipinski definition) is 2. The Balaban J connectivity index is 1.33. The van der Waals surface area contributed by atoms with Crippen LogP contribution in [0.1, 0.15) is 32.0 Å². The number of ether oxygens (including phenoxy) is 3. The normalized spacial score (nSPS) is 13.8. The Bertz CT molecular complexity index is 1180. The van der Waals surface area contributed by atoms with Crippen molar-refractivity contribution in [3.63, 3.8) is 0 Å². The molecule has 184 valence electrons. The average molecular weight is 497 g/mol. The Morgan fingerprint density at radius 1 is 1.03 bits per heavy atom. The number of methoxy groups -OCH3 is 2. The first-order chi connectivity index (χ1) is 17.1. The van der Waals surface area contributed by atoms with Crippen LogP contribution in [0.2, 0.25) is 0 Å². The summed E-state index contributed by atoms with van der Waals surface area (Å²) in [5.41, 5.74) is 2.68. The van der Waals surface area contributed by atoms with Gasteiger partial charge in [-0.2, -0.15) is 0 Å². The summed E-state index contributed by atoms with van der Waals surface area (Å²) in [6.45, 7) is 4.25. The molecule has 9 nitrogen and oxygen atoms in total. The van der Waals surface area contributed by atoms with Gasteiger partial charge in [0.15, 0.2) is 16.6 Å². The first-order valence-electron chi connectivity index (χ1n) is 11.2. The minimum absolute atomic E-state index is 0.245. The lowest BCUT2D eigenvalue weighted by Crippen LogP contribution is -2.35. The molecule has 1 fully saturated rings. The summed E-state index contributed by atoms with van der Waals surface area (Å²) in [6, 6.07) is 12.1. The number of morpholine rings is 1. The molecule has 1 saturated heterocycles. The Kier molecular flexibility index (Phi) is 8.30. The van der Waals surface area contributed by atoms with Crippen molar-refractivity contribution >= 4 is 28.3 Å². The monoisotopic (exact) mass is 496 g/mol. The van der Waals surface area contributed by atoms with Crippen LogP contribution >= 0.6 is 11.3 Å². The second kappa shape index (κ2) is 11.8. The molecule has 0 atom stereocenters. The van der Waals surface area contributed by atoms with Crippen molar-refractivity contribution < 1.29 is 23.8 Å². The van der Waals surface area contributed by atoms with Crippen molar-refractivity contribution in [2.75, 3.05) is 45.8 Å². The van der Waals surface area contributed by atoms with Crippen LogP contribution in [0.3, 0.4) is 0 Å². The van der Waals surface area contributed by atoms with Crippen molar-refractivity contribution in [1.82, 2.24) is 15.2 Å². The third-order valence-electron chi connectivity index (χ3n) is 5.55. The van der Waals surface area contributed by atoms with Gasteiger partial charge in [0.25, 0.3) is 11.8 Å². The van der Waals surface area contributed by atoms with Crippen molar-refractivity contribution in [1.29, 1.82) is 0 Å². The van der Waals surface area contributed by atoms with E-state index in [1.807, 2.05) is 11.4 Å². The number of nitrogens with zero attached hydrogens (tertiary/aromatic N) is 2. The fraction of sp³-hybridized carbons (Fsp3) is 0.320. The summed E-state index contributed by atoms with van der Waals surface area (Å²) >= 11 is 1.41. The Morgan fingerprint density at radius 3 is 2.57 bits per heavy atom. The summed E-state index contributed by atoms with van der Waals surface area (Å²) in [5.74, 6) is 0.534. The first-order valence-corrected chi connectivity index (χ1v) is 12.1. The lowest BCUT2D eigenvalue weighted by molar-refractivity contribution is 0.0337. The van der Waals surface area contributed by atoms with E-state index in [-0.39, 0.29) is 18.4 Å². The highest BCUT2D eigenvalue weighted by atomic mass is 32.1. The van der Waals surface area contributed by atoms with Crippen molar-refractivity contribution in [3.05, 3.63) is 70.2 Å². The number of amides is 2. The topological polar surface area (TPSA) is 102 Å². The van der Waals surface area contributed by atoms with Gasteiger partial charge >= 0.3 is 0 Å². The van der Waals surface area contributed by atoms with E-state index < -0.39 is 0 Å². The maximum Gasteiger partial charge on any atom is 0.257 e. The quantitative estimate of drug-likeness (QED) is 0.469. The van der Waals surface area contributed by atoms with Crippen LogP contribution in [-0.2, 0) is 17.8 Å². The largest absolute Gasteiger partial charge is 0.493 e. The molecule has 2 heterocycles. The van der Waals surface area contributed by atoms with E-state index in [2.05, 4.69) is 20.5 Å². The van der Waals surface area contributed by atoms with Crippen LogP contribution in [0.25, 0.3) is 0 Å². The number of carbonyl (C=O) groups excluding carboxylic acids is 2. The minimum Gasteiger partial charge on any atom is -0.493 e. The van der Waals surface area contributed by atoms with E-state index in [1.54, 1.807) is 43.5 Å². The molecule has 0 saturated carbocycles. The first kappa shape index (κ1) is 24.6. The summed E-state index contributed by atoms with van der Waals surface area (Å²) in [4.78, 5) is 32.2. The summed E-state index contributed by atoms with van der Waals surface area (Å²) in [7, 11) is 3.06. The number of nitrogens with one attached hydrogen (secondary N) is 2. The predicted octanol–water partition coefficient (Wildman–Crippen LogP) is 3.17. The van der Waals surface area contributed by atoms with Crippen LogP contribution in [0.5, 0.6) is 11.5 Å². The third kappa shape index (κ3) is 6.56. The van der Waals surface area contributed by atoms with Crippen molar-refractivity contribution in [2.24, 2.45) is 0 Å². The molecule has 3 aromatic rings. The third-order valence-corrected chi connectivity index (χ3v) is 6.36. The number of benzene rings is 2.